The number of nitriles is 1. The van der Waals surface area contributed by atoms with Gasteiger partial charge in [-0.15, -0.1) is 0 Å². The van der Waals surface area contributed by atoms with E-state index in [0.717, 1.165) is 6.07 Å². The van der Waals surface area contributed by atoms with Crippen molar-refractivity contribution in [3.63, 3.8) is 0 Å². The molecule has 1 aromatic rings. The van der Waals surface area contributed by atoms with Crippen molar-refractivity contribution >= 4 is 0 Å². The van der Waals surface area contributed by atoms with Crippen LogP contribution < -0.4 is 0 Å². The lowest BCUT2D eigenvalue weighted by molar-refractivity contribution is 0.00236. The van der Waals surface area contributed by atoms with Crippen molar-refractivity contribution in [3.05, 3.63) is 35.1 Å². The van der Waals surface area contributed by atoms with Crippen LogP contribution in [-0.4, -0.2) is 28.0 Å². The third-order valence-electron chi connectivity index (χ3n) is 2.24. The molecule has 0 spiro atoms. The highest BCUT2D eigenvalue weighted by Crippen LogP contribution is 2.22. The topological polar surface area (TPSA) is 84.5 Å². The van der Waals surface area contributed by atoms with Crippen molar-refractivity contribution in [2.24, 2.45) is 0 Å². The molecule has 2 atom stereocenters. The minimum absolute atomic E-state index is 0.0411. The van der Waals surface area contributed by atoms with Gasteiger partial charge in [0, 0.05) is 12.2 Å². The molecule has 0 aliphatic rings. The summed E-state index contributed by atoms with van der Waals surface area (Å²) in [6, 6.07) is 5.36. The van der Waals surface area contributed by atoms with Gasteiger partial charge in [-0.1, -0.05) is 6.07 Å². The van der Waals surface area contributed by atoms with Crippen molar-refractivity contribution in [2.75, 3.05) is 6.61 Å². The van der Waals surface area contributed by atoms with E-state index in [2.05, 4.69) is 0 Å². The summed E-state index contributed by atoms with van der Waals surface area (Å²) in [5.41, 5.74) is 0.0602. The van der Waals surface area contributed by atoms with Gasteiger partial charge in [0.05, 0.1) is 17.7 Å². The number of halogens is 1. The highest BCUT2D eigenvalue weighted by molar-refractivity contribution is 5.34. The van der Waals surface area contributed by atoms with E-state index in [1.54, 1.807) is 6.07 Å². The highest BCUT2D eigenvalue weighted by atomic mass is 19.1. The first-order valence-corrected chi connectivity index (χ1v) is 4.76. The van der Waals surface area contributed by atoms with Gasteiger partial charge in [0.2, 0.25) is 0 Å². The van der Waals surface area contributed by atoms with E-state index in [1.165, 1.54) is 12.1 Å². The number of benzene rings is 1. The Bertz CT molecular complexity index is 403. The standard InChI is InChI=1S/C11H12FNO3/c12-9-5-7(6-13)1-2-8(9)11(16)10(15)3-4-14/h1-2,5,10-11,14-16H,3-4H2. The fourth-order valence-corrected chi connectivity index (χ4v) is 1.33. The van der Waals surface area contributed by atoms with Crippen molar-refractivity contribution in [3.8, 4) is 6.07 Å². The Kier molecular flexibility index (Phi) is 4.38. The summed E-state index contributed by atoms with van der Waals surface area (Å²) in [5.74, 6) is -0.747. The van der Waals surface area contributed by atoms with Gasteiger partial charge in [-0.05, 0) is 18.6 Å². The summed E-state index contributed by atoms with van der Waals surface area (Å²) in [7, 11) is 0. The number of rotatable bonds is 4. The summed E-state index contributed by atoms with van der Waals surface area (Å²) < 4.78 is 13.4. The molecule has 0 saturated heterocycles. The van der Waals surface area contributed by atoms with E-state index in [0.29, 0.717) is 0 Å². The van der Waals surface area contributed by atoms with Gasteiger partial charge in [-0.3, -0.25) is 0 Å². The van der Waals surface area contributed by atoms with Crippen molar-refractivity contribution in [1.29, 1.82) is 5.26 Å². The molecule has 86 valence electrons. The van der Waals surface area contributed by atoms with Gasteiger partial charge in [0.1, 0.15) is 11.9 Å². The number of hydrogen-bond donors (Lipinski definition) is 3. The second-order valence-electron chi connectivity index (χ2n) is 3.37. The third kappa shape index (κ3) is 2.76. The Hall–Kier alpha value is -1.48. The van der Waals surface area contributed by atoms with Crippen LogP contribution in [-0.2, 0) is 0 Å². The molecular weight excluding hydrogens is 213 g/mol. The monoisotopic (exact) mass is 225 g/mol. The normalized spacial score (nSPS) is 14.2. The Morgan fingerprint density at radius 2 is 2.06 bits per heavy atom. The molecule has 0 saturated carbocycles. The molecule has 0 aromatic heterocycles. The van der Waals surface area contributed by atoms with E-state index in [4.69, 9.17) is 10.4 Å². The SMILES string of the molecule is N#Cc1ccc(C(O)C(O)CCO)c(F)c1. The molecule has 5 heteroatoms. The molecular formula is C11H12FNO3. The molecule has 0 aliphatic carbocycles. The largest absolute Gasteiger partial charge is 0.396 e. The smallest absolute Gasteiger partial charge is 0.130 e. The van der Waals surface area contributed by atoms with Crippen LogP contribution >= 0.6 is 0 Å². The third-order valence-corrected chi connectivity index (χ3v) is 2.24. The van der Waals surface area contributed by atoms with Crippen LogP contribution in [0.3, 0.4) is 0 Å². The molecule has 0 fully saturated rings. The van der Waals surface area contributed by atoms with E-state index < -0.39 is 18.0 Å². The zero-order valence-electron chi connectivity index (χ0n) is 8.47. The molecule has 16 heavy (non-hydrogen) atoms. The van der Waals surface area contributed by atoms with Crippen LogP contribution in [0.1, 0.15) is 23.7 Å². The second-order valence-corrected chi connectivity index (χ2v) is 3.37. The Labute approximate surface area is 92.2 Å². The van der Waals surface area contributed by atoms with E-state index >= 15 is 0 Å². The molecule has 4 nitrogen and oxygen atoms in total. The summed E-state index contributed by atoms with van der Waals surface area (Å²) in [6.45, 7) is -0.296. The Morgan fingerprint density at radius 1 is 1.38 bits per heavy atom. The average Bonchev–Trinajstić information content (AvgIpc) is 2.28. The van der Waals surface area contributed by atoms with E-state index in [9.17, 15) is 14.6 Å². The van der Waals surface area contributed by atoms with Crippen LogP contribution in [0.4, 0.5) is 4.39 Å². The predicted molar refractivity (Wildman–Crippen MR) is 53.8 cm³/mol. The Morgan fingerprint density at radius 3 is 2.56 bits per heavy atom. The first-order chi connectivity index (χ1) is 7.60. The zero-order valence-corrected chi connectivity index (χ0v) is 8.47. The van der Waals surface area contributed by atoms with Crippen molar-refractivity contribution in [2.45, 2.75) is 18.6 Å². The molecule has 1 rings (SSSR count). The minimum atomic E-state index is -1.40. The fourth-order valence-electron chi connectivity index (χ4n) is 1.33. The maximum atomic E-state index is 13.4. The molecule has 0 aliphatic heterocycles. The molecule has 2 unspecified atom stereocenters. The van der Waals surface area contributed by atoms with Crippen molar-refractivity contribution < 1.29 is 19.7 Å². The maximum absolute atomic E-state index is 13.4. The van der Waals surface area contributed by atoms with Crippen LogP contribution in [0.2, 0.25) is 0 Å². The van der Waals surface area contributed by atoms with Gasteiger partial charge in [-0.2, -0.15) is 5.26 Å². The Balaban J connectivity index is 2.92. The molecule has 0 heterocycles. The van der Waals surface area contributed by atoms with Gasteiger partial charge in [0.15, 0.2) is 0 Å². The predicted octanol–water partition coefficient (Wildman–Crippen LogP) is 0.474. The molecule has 1 aromatic carbocycles. The van der Waals surface area contributed by atoms with Crippen LogP contribution in [0.25, 0.3) is 0 Å². The highest BCUT2D eigenvalue weighted by Gasteiger charge is 2.21. The molecule has 0 bridgehead atoms. The van der Waals surface area contributed by atoms with Crippen LogP contribution in [0, 0.1) is 17.1 Å². The van der Waals surface area contributed by atoms with Gasteiger partial charge >= 0.3 is 0 Å². The lowest BCUT2D eigenvalue weighted by Gasteiger charge is -2.17. The van der Waals surface area contributed by atoms with E-state index in [1.807, 2.05) is 0 Å². The van der Waals surface area contributed by atoms with Gasteiger partial charge in [0.25, 0.3) is 0 Å². The van der Waals surface area contributed by atoms with Crippen LogP contribution in [0.5, 0.6) is 0 Å². The zero-order chi connectivity index (χ0) is 12.1. The summed E-state index contributed by atoms with van der Waals surface area (Å²) in [6.07, 6.45) is -2.67. The maximum Gasteiger partial charge on any atom is 0.130 e. The number of aliphatic hydroxyl groups is 3. The number of nitrogens with zero attached hydrogens (tertiary/aromatic N) is 1. The first-order valence-electron chi connectivity index (χ1n) is 4.76. The quantitative estimate of drug-likeness (QED) is 0.695. The summed E-state index contributed by atoms with van der Waals surface area (Å²) >= 11 is 0. The molecule has 3 N–H and O–H groups in total. The second kappa shape index (κ2) is 5.56. The first kappa shape index (κ1) is 12.6. The number of hydrogen-bond acceptors (Lipinski definition) is 4. The minimum Gasteiger partial charge on any atom is -0.396 e. The lowest BCUT2D eigenvalue weighted by Crippen LogP contribution is -2.20. The van der Waals surface area contributed by atoms with Crippen LogP contribution in [0.15, 0.2) is 18.2 Å². The molecule has 0 amide bonds. The van der Waals surface area contributed by atoms with Gasteiger partial charge < -0.3 is 15.3 Å². The molecule has 0 radical (unpaired) electrons. The lowest BCUT2D eigenvalue weighted by atomic mass is 10.0. The van der Waals surface area contributed by atoms with E-state index in [-0.39, 0.29) is 24.2 Å². The number of aliphatic hydroxyl groups excluding tert-OH is 3. The fraction of sp³-hybridized carbons (Fsp3) is 0.364. The average molecular weight is 225 g/mol. The summed E-state index contributed by atoms with van der Waals surface area (Å²) in [4.78, 5) is 0. The van der Waals surface area contributed by atoms with Gasteiger partial charge in [-0.25, -0.2) is 4.39 Å². The van der Waals surface area contributed by atoms with Crippen molar-refractivity contribution in [1.82, 2.24) is 0 Å². The summed E-state index contributed by atoms with van der Waals surface area (Å²) in [5, 5.41) is 36.1.